The van der Waals surface area contributed by atoms with E-state index in [1.54, 1.807) is 12.1 Å². The van der Waals surface area contributed by atoms with Crippen molar-refractivity contribution in [2.24, 2.45) is 0 Å². The Morgan fingerprint density at radius 3 is 2.61 bits per heavy atom. The minimum absolute atomic E-state index is 0.0478. The fraction of sp³-hybridized carbons (Fsp3) is 0.278. The van der Waals surface area contributed by atoms with Crippen LogP contribution in [0.25, 0.3) is 0 Å². The fourth-order valence-corrected chi connectivity index (χ4v) is 4.06. The third kappa shape index (κ3) is 4.10. The summed E-state index contributed by atoms with van der Waals surface area (Å²) < 4.78 is 45.5. The summed E-state index contributed by atoms with van der Waals surface area (Å²) in [7, 11) is -2.08. The molecule has 0 unspecified atom stereocenters. The zero-order valence-electron chi connectivity index (χ0n) is 15.0. The molecule has 0 radical (unpaired) electrons. The standard InChI is InChI=1S/C18H17Cl2FN2O4S/c1-3-28(25,26)22-14-8-10-4-6-13(20)17(16(10)23(2)18(14)24)27-15-9-11(21)5-7-12(15)19/h4-7,9,14,22H,3,8H2,1-2H3/t14-/m1/s1. The van der Waals surface area contributed by atoms with E-state index < -0.39 is 27.8 Å². The van der Waals surface area contributed by atoms with Crippen LogP contribution >= 0.6 is 23.2 Å². The Bertz CT molecular complexity index is 1050. The number of carbonyl (C=O) groups excluding carboxylic acids is 1. The van der Waals surface area contributed by atoms with E-state index in [0.29, 0.717) is 11.3 Å². The smallest absolute Gasteiger partial charge is 0.245 e. The molecule has 1 aliphatic heterocycles. The average Bonchev–Trinajstić information content (AvgIpc) is 2.64. The van der Waals surface area contributed by atoms with Crippen LogP contribution in [-0.4, -0.2) is 33.2 Å². The topological polar surface area (TPSA) is 75.7 Å². The molecule has 2 aromatic rings. The second-order valence-electron chi connectivity index (χ2n) is 6.24. The summed E-state index contributed by atoms with van der Waals surface area (Å²) in [6.45, 7) is 1.49. The van der Waals surface area contributed by atoms with Crippen molar-refractivity contribution in [3.05, 3.63) is 51.8 Å². The summed E-state index contributed by atoms with van der Waals surface area (Å²) >= 11 is 12.3. The molecule has 0 bridgehead atoms. The molecule has 28 heavy (non-hydrogen) atoms. The molecular weight excluding hydrogens is 430 g/mol. The molecule has 1 aliphatic rings. The summed E-state index contributed by atoms with van der Waals surface area (Å²) in [6.07, 6.45) is 0.127. The van der Waals surface area contributed by atoms with Crippen molar-refractivity contribution in [1.29, 1.82) is 0 Å². The minimum Gasteiger partial charge on any atom is -0.452 e. The molecule has 1 amide bonds. The molecule has 0 spiro atoms. The van der Waals surface area contributed by atoms with Crippen LogP contribution < -0.4 is 14.4 Å². The molecule has 0 fully saturated rings. The molecule has 10 heteroatoms. The van der Waals surface area contributed by atoms with Crippen molar-refractivity contribution in [1.82, 2.24) is 4.72 Å². The SMILES string of the molecule is CCS(=O)(=O)N[C@@H]1Cc2ccc(Cl)c(Oc3cc(F)ccc3Cl)c2N(C)C1=O. The van der Waals surface area contributed by atoms with Gasteiger partial charge in [0, 0.05) is 13.1 Å². The van der Waals surface area contributed by atoms with Gasteiger partial charge in [0.1, 0.15) is 17.6 Å². The number of halogens is 3. The van der Waals surface area contributed by atoms with Crippen LogP contribution in [0.15, 0.2) is 30.3 Å². The summed E-state index contributed by atoms with van der Waals surface area (Å²) in [5, 5.41) is 0.375. The number of nitrogens with zero attached hydrogens (tertiary/aromatic N) is 1. The van der Waals surface area contributed by atoms with E-state index in [-0.39, 0.29) is 33.7 Å². The first-order valence-corrected chi connectivity index (χ1v) is 10.8. The van der Waals surface area contributed by atoms with Gasteiger partial charge < -0.3 is 9.64 Å². The number of likely N-dealkylation sites (N-methyl/N-ethyl adjacent to an activating group) is 1. The van der Waals surface area contributed by atoms with Gasteiger partial charge in [-0.25, -0.2) is 17.5 Å². The van der Waals surface area contributed by atoms with Crippen molar-refractivity contribution in [3.8, 4) is 11.5 Å². The molecule has 2 aromatic carbocycles. The lowest BCUT2D eigenvalue weighted by Gasteiger charge is -2.33. The van der Waals surface area contributed by atoms with E-state index in [0.717, 1.165) is 6.07 Å². The average molecular weight is 447 g/mol. The first-order valence-electron chi connectivity index (χ1n) is 8.34. The highest BCUT2D eigenvalue weighted by molar-refractivity contribution is 7.89. The van der Waals surface area contributed by atoms with Crippen molar-refractivity contribution in [2.45, 2.75) is 19.4 Å². The van der Waals surface area contributed by atoms with Gasteiger partial charge in [0.25, 0.3) is 0 Å². The van der Waals surface area contributed by atoms with Crippen LogP contribution in [0.5, 0.6) is 11.5 Å². The van der Waals surface area contributed by atoms with Gasteiger partial charge in [-0.1, -0.05) is 29.3 Å². The van der Waals surface area contributed by atoms with E-state index in [4.69, 9.17) is 27.9 Å². The number of benzene rings is 2. The zero-order valence-corrected chi connectivity index (χ0v) is 17.3. The van der Waals surface area contributed by atoms with Gasteiger partial charge in [-0.2, -0.15) is 0 Å². The Balaban J connectivity index is 2.03. The Labute approximate surface area is 172 Å². The van der Waals surface area contributed by atoms with Crippen LogP contribution in [0.3, 0.4) is 0 Å². The second-order valence-corrected chi connectivity index (χ2v) is 9.09. The number of ether oxygens (including phenoxy) is 1. The van der Waals surface area contributed by atoms with Gasteiger partial charge in [-0.05, 0) is 37.1 Å². The number of hydrogen-bond acceptors (Lipinski definition) is 4. The van der Waals surface area contributed by atoms with Crippen LogP contribution in [-0.2, 0) is 21.2 Å². The molecule has 6 nitrogen and oxygen atoms in total. The number of fused-ring (bicyclic) bond motifs is 1. The first kappa shape index (κ1) is 20.9. The lowest BCUT2D eigenvalue weighted by Crippen LogP contribution is -2.51. The van der Waals surface area contributed by atoms with E-state index in [1.165, 1.54) is 31.0 Å². The van der Waals surface area contributed by atoms with E-state index in [1.807, 2.05) is 0 Å². The lowest BCUT2D eigenvalue weighted by molar-refractivity contribution is -0.120. The maximum absolute atomic E-state index is 13.6. The van der Waals surface area contributed by atoms with Crippen LogP contribution in [0.1, 0.15) is 12.5 Å². The Kier molecular flexibility index (Phi) is 5.86. The second kappa shape index (κ2) is 7.87. The predicted octanol–water partition coefficient (Wildman–Crippen LogP) is 3.75. The monoisotopic (exact) mass is 446 g/mol. The molecular formula is C18H17Cl2FN2O4S. The van der Waals surface area contributed by atoms with Crippen molar-refractivity contribution < 1.29 is 22.3 Å². The van der Waals surface area contributed by atoms with Crippen molar-refractivity contribution >= 4 is 44.8 Å². The normalized spacial score (nSPS) is 16.8. The third-order valence-electron chi connectivity index (χ3n) is 4.36. The van der Waals surface area contributed by atoms with E-state index in [9.17, 15) is 17.6 Å². The predicted molar refractivity (Wildman–Crippen MR) is 106 cm³/mol. The highest BCUT2D eigenvalue weighted by Gasteiger charge is 2.36. The van der Waals surface area contributed by atoms with Gasteiger partial charge in [0.2, 0.25) is 15.9 Å². The number of rotatable bonds is 5. The molecule has 3 rings (SSSR count). The quantitative estimate of drug-likeness (QED) is 0.758. The number of amides is 1. The number of carbonyl (C=O) groups is 1. The fourth-order valence-electron chi connectivity index (χ4n) is 2.93. The van der Waals surface area contributed by atoms with E-state index in [2.05, 4.69) is 4.72 Å². The van der Waals surface area contributed by atoms with Crippen LogP contribution in [0, 0.1) is 5.82 Å². The van der Waals surface area contributed by atoms with Gasteiger partial charge >= 0.3 is 0 Å². The molecule has 1 heterocycles. The zero-order chi connectivity index (χ0) is 20.6. The number of hydrogen-bond donors (Lipinski definition) is 1. The van der Waals surface area contributed by atoms with Crippen LogP contribution in [0.2, 0.25) is 10.0 Å². The highest BCUT2D eigenvalue weighted by Crippen LogP contribution is 2.44. The Morgan fingerprint density at radius 1 is 1.25 bits per heavy atom. The molecule has 150 valence electrons. The summed E-state index contributed by atoms with van der Waals surface area (Å²) in [5.41, 5.74) is 1.03. The molecule has 1 N–H and O–H groups in total. The maximum Gasteiger partial charge on any atom is 0.245 e. The number of nitrogens with one attached hydrogen (secondary N) is 1. The molecule has 1 atom stereocenters. The Hall–Kier alpha value is -1.87. The summed E-state index contributed by atoms with van der Waals surface area (Å²) in [6, 6.07) is 5.97. The third-order valence-corrected chi connectivity index (χ3v) is 6.38. The van der Waals surface area contributed by atoms with Gasteiger partial charge in [0.15, 0.2) is 5.75 Å². The largest absolute Gasteiger partial charge is 0.452 e. The maximum atomic E-state index is 13.6. The van der Waals surface area contributed by atoms with Crippen molar-refractivity contribution in [2.75, 3.05) is 17.7 Å². The highest BCUT2D eigenvalue weighted by atomic mass is 35.5. The van der Waals surface area contributed by atoms with E-state index >= 15 is 0 Å². The van der Waals surface area contributed by atoms with Gasteiger partial charge in [0.05, 0.1) is 21.5 Å². The number of sulfonamides is 1. The number of anilines is 1. The van der Waals surface area contributed by atoms with Crippen molar-refractivity contribution in [3.63, 3.8) is 0 Å². The van der Waals surface area contributed by atoms with Gasteiger partial charge in [-0.15, -0.1) is 0 Å². The first-order chi connectivity index (χ1) is 13.1. The Morgan fingerprint density at radius 2 is 1.93 bits per heavy atom. The minimum atomic E-state index is -3.57. The molecule has 0 saturated heterocycles. The summed E-state index contributed by atoms with van der Waals surface area (Å²) in [5.74, 6) is -0.952. The molecule has 0 aliphatic carbocycles. The van der Waals surface area contributed by atoms with Gasteiger partial charge in [-0.3, -0.25) is 4.79 Å². The molecule has 0 aromatic heterocycles. The van der Waals surface area contributed by atoms with Crippen LogP contribution in [0.4, 0.5) is 10.1 Å². The lowest BCUT2D eigenvalue weighted by atomic mass is 9.97. The molecule has 0 saturated carbocycles. The summed E-state index contributed by atoms with van der Waals surface area (Å²) in [4.78, 5) is 14.0.